The Hall–Kier alpha value is -2.13. The van der Waals surface area contributed by atoms with Gasteiger partial charge in [0.2, 0.25) is 0 Å². The van der Waals surface area contributed by atoms with Crippen molar-refractivity contribution in [3.05, 3.63) is 71.8 Å². The van der Waals surface area contributed by atoms with Crippen LogP contribution in [-0.4, -0.2) is 16.6 Å². The van der Waals surface area contributed by atoms with Gasteiger partial charge in [-0.25, -0.2) is 0 Å². The van der Waals surface area contributed by atoms with Crippen molar-refractivity contribution in [2.75, 3.05) is 0 Å². The van der Waals surface area contributed by atoms with Gasteiger partial charge in [0.15, 0.2) is 0 Å². The van der Waals surface area contributed by atoms with Crippen LogP contribution in [0.5, 0.6) is 0 Å². The van der Waals surface area contributed by atoms with E-state index in [1.807, 2.05) is 60.7 Å². The summed E-state index contributed by atoms with van der Waals surface area (Å²) in [7, 11) is 0. The van der Waals surface area contributed by atoms with Crippen molar-refractivity contribution >= 4 is 5.97 Å². The molecular formula is C17H17NO2. The summed E-state index contributed by atoms with van der Waals surface area (Å²) in [6.45, 7) is 0.580. The Morgan fingerprint density at radius 2 is 1.70 bits per heavy atom. The van der Waals surface area contributed by atoms with Gasteiger partial charge in [-0.15, -0.1) is 0 Å². The van der Waals surface area contributed by atoms with Crippen LogP contribution >= 0.6 is 0 Å². The van der Waals surface area contributed by atoms with Crippen LogP contribution in [0, 0.1) is 0 Å². The summed E-state index contributed by atoms with van der Waals surface area (Å²) in [5.41, 5.74) is 1.39. The topological polar surface area (TPSA) is 49.3 Å². The number of hydrogen-bond acceptors (Lipinski definition) is 2. The van der Waals surface area contributed by atoms with E-state index in [1.54, 1.807) is 0 Å². The molecule has 2 atom stereocenters. The monoisotopic (exact) mass is 267 g/mol. The molecule has 0 spiro atoms. The molecule has 0 unspecified atom stereocenters. The maximum atomic E-state index is 11.6. The summed E-state index contributed by atoms with van der Waals surface area (Å²) in [5.74, 6) is -0.702. The van der Waals surface area contributed by atoms with Gasteiger partial charge in [0.1, 0.15) is 5.54 Å². The molecule has 0 saturated heterocycles. The van der Waals surface area contributed by atoms with Gasteiger partial charge in [0.25, 0.3) is 0 Å². The maximum absolute atomic E-state index is 11.6. The molecule has 0 radical (unpaired) electrons. The fourth-order valence-electron chi connectivity index (χ4n) is 2.71. The standard InChI is InChI=1S/C17H17NO2/c19-16(20)17(18-12-13-7-3-1-4-8-13)11-15(17)14-9-5-2-6-10-14/h1-10,15,18H,11-12H2,(H,19,20)/t15-,17+/m1/s1. The van der Waals surface area contributed by atoms with Crippen molar-refractivity contribution in [1.82, 2.24) is 5.32 Å². The van der Waals surface area contributed by atoms with E-state index < -0.39 is 11.5 Å². The van der Waals surface area contributed by atoms with Crippen LogP contribution in [0.1, 0.15) is 23.5 Å². The first-order valence-corrected chi connectivity index (χ1v) is 6.80. The van der Waals surface area contributed by atoms with Crippen LogP contribution in [-0.2, 0) is 11.3 Å². The molecule has 0 aliphatic heterocycles. The minimum absolute atomic E-state index is 0.0601. The van der Waals surface area contributed by atoms with E-state index in [-0.39, 0.29) is 5.92 Å². The lowest BCUT2D eigenvalue weighted by atomic mass is 10.1. The van der Waals surface area contributed by atoms with Gasteiger partial charge in [-0.1, -0.05) is 60.7 Å². The lowest BCUT2D eigenvalue weighted by Gasteiger charge is -2.15. The van der Waals surface area contributed by atoms with E-state index in [9.17, 15) is 9.90 Å². The fourth-order valence-corrected chi connectivity index (χ4v) is 2.71. The Bertz CT molecular complexity index is 597. The normalized spacial score (nSPS) is 24.3. The minimum Gasteiger partial charge on any atom is -0.480 e. The van der Waals surface area contributed by atoms with E-state index in [0.717, 1.165) is 11.1 Å². The number of hydrogen-bond donors (Lipinski definition) is 2. The van der Waals surface area contributed by atoms with E-state index in [1.165, 1.54) is 0 Å². The number of carbonyl (C=O) groups is 1. The van der Waals surface area contributed by atoms with Crippen LogP contribution < -0.4 is 5.32 Å². The Labute approximate surface area is 118 Å². The fraction of sp³-hybridized carbons (Fsp3) is 0.235. The van der Waals surface area contributed by atoms with Crippen molar-refractivity contribution in [2.45, 2.75) is 24.4 Å². The second kappa shape index (κ2) is 5.10. The number of rotatable bonds is 5. The van der Waals surface area contributed by atoms with E-state index in [4.69, 9.17) is 0 Å². The van der Waals surface area contributed by atoms with E-state index in [2.05, 4.69) is 5.32 Å². The highest BCUT2D eigenvalue weighted by molar-refractivity contribution is 5.85. The molecule has 2 N–H and O–H groups in total. The zero-order valence-corrected chi connectivity index (χ0v) is 11.1. The average molecular weight is 267 g/mol. The first-order valence-electron chi connectivity index (χ1n) is 6.80. The Kier molecular flexibility index (Phi) is 3.28. The number of benzene rings is 2. The first-order chi connectivity index (χ1) is 9.72. The lowest BCUT2D eigenvalue weighted by Crippen LogP contribution is -2.40. The van der Waals surface area contributed by atoms with Crippen molar-refractivity contribution in [2.24, 2.45) is 0 Å². The van der Waals surface area contributed by atoms with Crippen molar-refractivity contribution in [3.63, 3.8) is 0 Å². The molecule has 3 nitrogen and oxygen atoms in total. The third-order valence-corrected chi connectivity index (χ3v) is 4.00. The van der Waals surface area contributed by atoms with Gasteiger partial charge < -0.3 is 5.11 Å². The zero-order chi connectivity index (χ0) is 14.0. The third-order valence-electron chi connectivity index (χ3n) is 4.00. The summed E-state index contributed by atoms with van der Waals surface area (Å²) < 4.78 is 0. The molecule has 3 heteroatoms. The van der Waals surface area contributed by atoms with Crippen molar-refractivity contribution < 1.29 is 9.90 Å². The molecule has 102 valence electrons. The largest absolute Gasteiger partial charge is 0.480 e. The Morgan fingerprint density at radius 3 is 2.30 bits per heavy atom. The highest BCUT2D eigenvalue weighted by Gasteiger charge is 2.60. The molecule has 0 heterocycles. The molecule has 1 aliphatic rings. The molecule has 3 rings (SSSR count). The summed E-state index contributed by atoms with van der Waals surface area (Å²) >= 11 is 0. The highest BCUT2D eigenvalue weighted by Crippen LogP contribution is 2.51. The average Bonchev–Trinajstić information content (AvgIpc) is 3.23. The minimum atomic E-state index is -0.808. The SMILES string of the molecule is O=C(O)[C@]1(NCc2ccccc2)C[C@@H]1c1ccccc1. The van der Waals surface area contributed by atoms with Crippen LogP contribution in [0.4, 0.5) is 0 Å². The Morgan fingerprint density at radius 1 is 1.10 bits per heavy atom. The highest BCUT2D eigenvalue weighted by atomic mass is 16.4. The molecule has 2 aromatic rings. The first kappa shape index (κ1) is 12.9. The van der Waals surface area contributed by atoms with Crippen LogP contribution in [0.2, 0.25) is 0 Å². The molecule has 0 amide bonds. The molecule has 1 fully saturated rings. The van der Waals surface area contributed by atoms with Gasteiger partial charge in [0, 0.05) is 12.5 Å². The zero-order valence-electron chi connectivity index (χ0n) is 11.1. The molecule has 1 saturated carbocycles. The number of carboxylic acids is 1. The van der Waals surface area contributed by atoms with Gasteiger partial charge in [-0.2, -0.15) is 0 Å². The number of aliphatic carboxylic acids is 1. The molecule has 0 bridgehead atoms. The number of nitrogens with one attached hydrogen (secondary N) is 1. The summed E-state index contributed by atoms with van der Waals surface area (Å²) in [6.07, 6.45) is 0.652. The van der Waals surface area contributed by atoms with Gasteiger partial charge in [-0.3, -0.25) is 10.1 Å². The summed E-state index contributed by atoms with van der Waals surface area (Å²) in [5, 5.41) is 12.8. The molecule has 1 aliphatic carbocycles. The van der Waals surface area contributed by atoms with Gasteiger partial charge in [0.05, 0.1) is 0 Å². The molecule has 20 heavy (non-hydrogen) atoms. The van der Waals surface area contributed by atoms with Gasteiger partial charge in [-0.05, 0) is 17.5 Å². The van der Waals surface area contributed by atoms with Crippen LogP contribution in [0.25, 0.3) is 0 Å². The lowest BCUT2D eigenvalue weighted by molar-refractivity contribution is -0.140. The second-order valence-electron chi connectivity index (χ2n) is 5.28. The molecule has 0 aromatic heterocycles. The van der Waals surface area contributed by atoms with Crippen molar-refractivity contribution in [1.29, 1.82) is 0 Å². The van der Waals surface area contributed by atoms with Gasteiger partial charge >= 0.3 is 5.97 Å². The summed E-state index contributed by atoms with van der Waals surface area (Å²) in [6, 6.07) is 19.8. The predicted octanol–water partition coefficient (Wildman–Crippen LogP) is 2.79. The van der Waals surface area contributed by atoms with E-state index >= 15 is 0 Å². The molecular weight excluding hydrogens is 250 g/mol. The van der Waals surface area contributed by atoms with Crippen molar-refractivity contribution in [3.8, 4) is 0 Å². The predicted molar refractivity (Wildman–Crippen MR) is 77.4 cm³/mol. The van der Waals surface area contributed by atoms with Crippen LogP contribution in [0.3, 0.4) is 0 Å². The Balaban J connectivity index is 1.74. The molecule has 2 aromatic carbocycles. The second-order valence-corrected chi connectivity index (χ2v) is 5.28. The number of carboxylic acid groups (broad SMARTS) is 1. The van der Waals surface area contributed by atoms with E-state index in [0.29, 0.717) is 13.0 Å². The summed E-state index contributed by atoms with van der Waals surface area (Å²) in [4.78, 5) is 11.6. The smallest absolute Gasteiger partial charge is 0.324 e. The third kappa shape index (κ3) is 2.32. The quantitative estimate of drug-likeness (QED) is 0.875. The van der Waals surface area contributed by atoms with Crippen LogP contribution in [0.15, 0.2) is 60.7 Å². The maximum Gasteiger partial charge on any atom is 0.324 e.